The highest BCUT2D eigenvalue weighted by atomic mass is 35.5. The van der Waals surface area contributed by atoms with E-state index in [-0.39, 0.29) is 12.5 Å². The van der Waals surface area contributed by atoms with Gasteiger partial charge in [0.2, 0.25) is 0 Å². The Hall–Kier alpha value is -3.19. The van der Waals surface area contributed by atoms with Gasteiger partial charge in [0.05, 0.1) is 40.7 Å². The number of para-hydroxylation sites is 1. The largest absolute Gasteiger partial charge is 0.490 e. The highest BCUT2D eigenvalue weighted by molar-refractivity contribution is 6.34. The molecule has 8 heteroatoms. The quantitative estimate of drug-likeness (QED) is 0.619. The summed E-state index contributed by atoms with van der Waals surface area (Å²) in [7, 11) is 0. The van der Waals surface area contributed by atoms with E-state index in [1.54, 1.807) is 36.4 Å². The Bertz CT molecular complexity index is 1060. The van der Waals surface area contributed by atoms with Gasteiger partial charge in [-0.05, 0) is 26.0 Å². The van der Waals surface area contributed by atoms with Crippen LogP contribution in [0.25, 0.3) is 0 Å². The van der Waals surface area contributed by atoms with Gasteiger partial charge < -0.3 is 24.1 Å². The first-order valence-electron chi connectivity index (χ1n) is 9.57. The van der Waals surface area contributed by atoms with Gasteiger partial charge in [-0.3, -0.25) is 4.79 Å². The van der Waals surface area contributed by atoms with Crippen LogP contribution in [0.2, 0.25) is 5.02 Å². The van der Waals surface area contributed by atoms with Crippen LogP contribution in [0.15, 0.2) is 40.9 Å². The molecule has 4 rings (SSSR count). The molecule has 30 heavy (non-hydrogen) atoms. The third kappa shape index (κ3) is 4.21. The summed E-state index contributed by atoms with van der Waals surface area (Å²) in [5, 5.41) is 7.12. The van der Waals surface area contributed by atoms with Crippen molar-refractivity contribution < 1.29 is 23.5 Å². The molecular weight excluding hydrogens is 408 g/mol. The van der Waals surface area contributed by atoms with Crippen LogP contribution < -0.4 is 19.5 Å². The van der Waals surface area contributed by atoms with E-state index in [9.17, 15) is 4.79 Å². The third-order valence-corrected chi connectivity index (χ3v) is 5.08. The van der Waals surface area contributed by atoms with E-state index in [0.717, 1.165) is 17.7 Å². The summed E-state index contributed by atoms with van der Waals surface area (Å²) in [6, 6.07) is 10.3. The van der Waals surface area contributed by atoms with Crippen molar-refractivity contribution in [1.29, 1.82) is 0 Å². The summed E-state index contributed by atoms with van der Waals surface area (Å²) < 4.78 is 22.4. The molecule has 1 N–H and O–H groups in total. The lowest BCUT2D eigenvalue weighted by molar-refractivity contribution is 0.102. The van der Waals surface area contributed by atoms with Gasteiger partial charge in [0.15, 0.2) is 11.5 Å². The summed E-state index contributed by atoms with van der Waals surface area (Å²) in [6.45, 7) is 5.02. The Kier molecular flexibility index (Phi) is 5.81. The normalized spacial score (nSPS) is 12.9. The molecule has 0 radical (unpaired) electrons. The molecule has 1 amide bonds. The zero-order valence-corrected chi connectivity index (χ0v) is 17.4. The zero-order chi connectivity index (χ0) is 21.1. The highest BCUT2D eigenvalue weighted by Gasteiger charge is 2.19. The molecule has 156 valence electrons. The van der Waals surface area contributed by atoms with Crippen LogP contribution in [0.1, 0.15) is 33.8 Å². The maximum atomic E-state index is 13.0. The van der Waals surface area contributed by atoms with Gasteiger partial charge in [0.1, 0.15) is 18.1 Å². The fourth-order valence-corrected chi connectivity index (χ4v) is 3.31. The van der Waals surface area contributed by atoms with Crippen molar-refractivity contribution in [3.8, 4) is 17.2 Å². The number of aromatic nitrogens is 1. The van der Waals surface area contributed by atoms with E-state index in [0.29, 0.717) is 52.5 Å². The van der Waals surface area contributed by atoms with Gasteiger partial charge >= 0.3 is 0 Å². The van der Waals surface area contributed by atoms with Crippen LogP contribution in [0, 0.1) is 13.8 Å². The second kappa shape index (κ2) is 8.67. The van der Waals surface area contributed by atoms with Crippen molar-refractivity contribution >= 4 is 23.2 Å². The molecule has 0 fully saturated rings. The first kappa shape index (κ1) is 20.1. The van der Waals surface area contributed by atoms with Crippen LogP contribution in [-0.2, 0) is 6.61 Å². The standard InChI is InChI=1S/C22H21ClN2O5/c1-13-16(14(2)30-25-13)12-29-19-7-4-3-6-15(19)22(26)24-18-11-21-20(10-17(18)23)27-8-5-9-28-21/h3-4,6-7,10-11H,5,8-9,12H2,1-2H3,(H,24,26). The number of aryl methyl sites for hydroxylation is 2. The van der Waals surface area contributed by atoms with Crippen LogP contribution in [0.5, 0.6) is 17.2 Å². The molecule has 1 aromatic heterocycles. The average molecular weight is 429 g/mol. The molecule has 0 atom stereocenters. The van der Waals surface area contributed by atoms with Gasteiger partial charge in [-0.2, -0.15) is 0 Å². The van der Waals surface area contributed by atoms with Crippen molar-refractivity contribution in [3.63, 3.8) is 0 Å². The minimum Gasteiger partial charge on any atom is -0.490 e. The topological polar surface area (TPSA) is 82.8 Å². The van der Waals surface area contributed by atoms with E-state index >= 15 is 0 Å². The van der Waals surface area contributed by atoms with E-state index in [2.05, 4.69) is 10.5 Å². The van der Waals surface area contributed by atoms with E-state index in [1.807, 2.05) is 13.8 Å². The molecule has 1 aliphatic heterocycles. The first-order valence-corrected chi connectivity index (χ1v) is 9.95. The van der Waals surface area contributed by atoms with Crippen molar-refractivity contribution in [2.45, 2.75) is 26.9 Å². The van der Waals surface area contributed by atoms with Crippen molar-refractivity contribution in [1.82, 2.24) is 5.16 Å². The number of hydrogen-bond acceptors (Lipinski definition) is 6. The van der Waals surface area contributed by atoms with Crippen molar-refractivity contribution in [2.75, 3.05) is 18.5 Å². The number of fused-ring (bicyclic) bond motifs is 1. The number of nitrogens with zero attached hydrogens (tertiary/aromatic N) is 1. The number of anilines is 1. The van der Waals surface area contributed by atoms with Gasteiger partial charge in [0, 0.05) is 18.6 Å². The lowest BCUT2D eigenvalue weighted by Gasteiger charge is -2.14. The summed E-state index contributed by atoms with van der Waals surface area (Å²) in [5.41, 5.74) is 2.43. The predicted octanol–water partition coefficient (Wildman–Crippen LogP) is 4.94. The van der Waals surface area contributed by atoms with Gasteiger partial charge in [-0.15, -0.1) is 0 Å². The second-order valence-electron chi connectivity index (χ2n) is 6.87. The Morgan fingerprint density at radius 2 is 1.90 bits per heavy atom. The van der Waals surface area contributed by atoms with Crippen LogP contribution >= 0.6 is 11.6 Å². The number of amides is 1. The van der Waals surface area contributed by atoms with Gasteiger partial charge in [-0.25, -0.2) is 0 Å². The molecule has 0 aliphatic carbocycles. The summed E-state index contributed by atoms with van der Waals surface area (Å²) >= 11 is 6.35. The fourth-order valence-electron chi connectivity index (χ4n) is 3.11. The molecule has 7 nitrogen and oxygen atoms in total. The number of halogens is 1. The number of carbonyl (C=O) groups is 1. The molecule has 0 saturated carbocycles. The number of rotatable bonds is 5. The number of carbonyl (C=O) groups excluding carboxylic acids is 1. The predicted molar refractivity (Wildman–Crippen MR) is 112 cm³/mol. The molecule has 0 spiro atoms. The Morgan fingerprint density at radius 1 is 1.17 bits per heavy atom. The smallest absolute Gasteiger partial charge is 0.259 e. The van der Waals surface area contributed by atoms with Gasteiger partial charge in [0.25, 0.3) is 5.91 Å². The summed E-state index contributed by atoms with van der Waals surface area (Å²) in [5.74, 6) is 1.91. The molecular formula is C22H21ClN2O5. The minimum absolute atomic E-state index is 0.246. The first-order chi connectivity index (χ1) is 14.5. The maximum Gasteiger partial charge on any atom is 0.259 e. The molecule has 1 aliphatic rings. The van der Waals surface area contributed by atoms with E-state index < -0.39 is 0 Å². The molecule has 0 bridgehead atoms. The Morgan fingerprint density at radius 3 is 2.63 bits per heavy atom. The van der Waals surface area contributed by atoms with Crippen LogP contribution in [-0.4, -0.2) is 24.3 Å². The van der Waals surface area contributed by atoms with E-state index in [1.165, 1.54) is 0 Å². The number of benzene rings is 2. The Labute approximate surface area is 178 Å². The molecule has 0 saturated heterocycles. The minimum atomic E-state index is -0.347. The molecule has 2 aromatic carbocycles. The fraction of sp³-hybridized carbons (Fsp3) is 0.273. The Balaban J connectivity index is 1.54. The van der Waals surface area contributed by atoms with Gasteiger partial charge in [-0.1, -0.05) is 28.9 Å². The second-order valence-corrected chi connectivity index (χ2v) is 7.28. The molecule has 0 unspecified atom stereocenters. The van der Waals surface area contributed by atoms with Crippen molar-refractivity contribution in [2.24, 2.45) is 0 Å². The number of ether oxygens (including phenoxy) is 3. The van der Waals surface area contributed by atoms with Crippen LogP contribution in [0.3, 0.4) is 0 Å². The summed E-state index contributed by atoms with van der Waals surface area (Å²) in [4.78, 5) is 13.0. The zero-order valence-electron chi connectivity index (χ0n) is 16.7. The molecule has 3 aromatic rings. The molecule has 2 heterocycles. The summed E-state index contributed by atoms with van der Waals surface area (Å²) in [6.07, 6.45) is 0.782. The SMILES string of the molecule is Cc1noc(C)c1COc1ccccc1C(=O)Nc1cc2c(cc1Cl)OCCCO2. The highest BCUT2D eigenvalue weighted by Crippen LogP contribution is 2.38. The monoisotopic (exact) mass is 428 g/mol. The lowest BCUT2D eigenvalue weighted by atomic mass is 10.1. The number of nitrogens with one attached hydrogen (secondary N) is 1. The maximum absolute atomic E-state index is 13.0. The van der Waals surface area contributed by atoms with Crippen molar-refractivity contribution in [3.05, 3.63) is 64.0 Å². The lowest BCUT2D eigenvalue weighted by Crippen LogP contribution is -2.14. The van der Waals surface area contributed by atoms with E-state index in [4.69, 9.17) is 30.3 Å². The van der Waals surface area contributed by atoms with Crippen LogP contribution in [0.4, 0.5) is 5.69 Å². The average Bonchev–Trinajstić information content (AvgIpc) is 2.91. The third-order valence-electron chi connectivity index (χ3n) is 4.77. The number of hydrogen-bond donors (Lipinski definition) is 1.